The summed E-state index contributed by atoms with van der Waals surface area (Å²) in [5.74, 6) is 2.40. The van der Waals surface area contributed by atoms with Gasteiger partial charge in [-0.25, -0.2) is 0 Å². The first-order valence-corrected chi connectivity index (χ1v) is 12.7. The summed E-state index contributed by atoms with van der Waals surface area (Å²) in [5.41, 5.74) is 3.40. The van der Waals surface area contributed by atoms with Crippen molar-refractivity contribution in [3.05, 3.63) is 47.5 Å². The summed E-state index contributed by atoms with van der Waals surface area (Å²) in [4.78, 5) is 13.0. The summed E-state index contributed by atoms with van der Waals surface area (Å²) in [6.07, 6.45) is 7.82. The zero-order valence-corrected chi connectivity index (χ0v) is 19.9. The molecule has 3 saturated carbocycles. The van der Waals surface area contributed by atoms with Gasteiger partial charge in [0.25, 0.3) is 5.91 Å². The molecule has 176 valence electrons. The topological polar surface area (TPSA) is 69.6 Å². The van der Waals surface area contributed by atoms with Gasteiger partial charge in [-0.05, 0) is 105 Å². The Morgan fingerprint density at radius 3 is 2.78 bits per heavy atom. The van der Waals surface area contributed by atoms with Gasteiger partial charge >= 0.3 is 0 Å². The molecule has 4 rings (SSSR count). The van der Waals surface area contributed by atoms with Gasteiger partial charge in [-0.3, -0.25) is 4.79 Å². The molecule has 0 aromatic heterocycles. The summed E-state index contributed by atoms with van der Waals surface area (Å²) in [6.45, 7) is 9.74. The van der Waals surface area contributed by atoms with Gasteiger partial charge in [-0.1, -0.05) is 36.8 Å². The van der Waals surface area contributed by atoms with Gasteiger partial charge in [-0.15, -0.1) is 0 Å². The van der Waals surface area contributed by atoms with E-state index in [1.54, 1.807) is 0 Å². The molecule has 0 unspecified atom stereocenters. The van der Waals surface area contributed by atoms with Crippen LogP contribution in [0.3, 0.4) is 0 Å². The predicted molar refractivity (Wildman–Crippen MR) is 128 cm³/mol. The maximum atomic E-state index is 13.0. The molecule has 0 saturated heterocycles. The van der Waals surface area contributed by atoms with E-state index in [0.717, 1.165) is 56.1 Å². The Bertz CT molecular complexity index is 836. The molecule has 3 aliphatic rings. The highest BCUT2D eigenvalue weighted by atomic mass is 16.3. The van der Waals surface area contributed by atoms with Gasteiger partial charge in [0.15, 0.2) is 0 Å². The van der Waals surface area contributed by atoms with Gasteiger partial charge in [0.05, 0.1) is 6.10 Å². The molecular formula is C28H41NO3. The SMILES string of the molecule is C=C1CC[C@H]2[C@H](CNC(=O)c3cccc(C)c3)[C@@H]([C@@H]3CC[C@H](O)C[C@@H]3CCO)CC[C@]12C. The highest BCUT2D eigenvalue weighted by Gasteiger charge is 2.53. The Labute approximate surface area is 193 Å². The molecule has 3 fully saturated rings. The number of hydrogen-bond donors (Lipinski definition) is 3. The van der Waals surface area contributed by atoms with Crippen molar-refractivity contribution in [2.24, 2.45) is 35.0 Å². The molecular weight excluding hydrogens is 398 g/mol. The number of benzene rings is 1. The van der Waals surface area contributed by atoms with Crippen molar-refractivity contribution in [3.63, 3.8) is 0 Å². The summed E-state index contributed by atoms with van der Waals surface area (Å²) in [7, 11) is 0. The third-order valence-corrected chi connectivity index (χ3v) is 9.29. The fourth-order valence-corrected chi connectivity index (χ4v) is 7.47. The van der Waals surface area contributed by atoms with Crippen LogP contribution in [0.25, 0.3) is 0 Å². The first-order valence-electron chi connectivity index (χ1n) is 12.7. The van der Waals surface area contributed by atoms with Crippen LogP contribution >= 0.6 is 0 Å². The maximum absolute atomic E-state index is 13.0. The fraction of sp³-hybridized carbons (Fsp3) is 0.679. The molecule has 7 atom stereocenters. The van der Waals surface area contributed by atoms with Crippen LogP contribution in [-0.4, -0.2) is 35.4 Å². The van der Waals surface area contributed by atoms with Crippen LogP contribution in [0.2, 0.25) is 0 Å². The minimum Gasteiger partial charge on any atom is -0.396 e. The number of nitrogens with one attached hydrogen (secondary N) is 1. The highest BCUT2D eigenvalue weighted by Crippen LogP contribution is 2.60. The molecule has 0 radical (unpaired) electrons. The Morgan fingerprint density at radius 1 is 1.22 bits per heavy atom. The highest BCUT2D eigenvalue weighted by molar-refractivity contribution is 5.94. The first-order chi connectivity index (χ1) is 15.3. The number of allylic oxidation sites excluding steroid dienone is 1. The third kappa shape index (κ3) is 4.54. The zero-order valence-electron chi connectivity index (χ0n) is 19.9. The van der Waals surface area contributed by atoms with Crippen LogP contribution < -0.4 is 5.32 Å². The smallest absolute Gasteiger partial charge is 0.251 e. The third-order valence-electron chi connectivity index (χ3n) is 9.29. The molecule has 32 heavy (non-hydrogen) atoms. The van der Waals surface area contributed by atoms with E-state index in [-0.39, 0.29) is 24.0 Å². The number of rotatable bonds is 6. The summed E-state index contributed by atoms with van der Waals surface area (Å²) < 4.78 is 0. The summed E-state index contributed by atoms with van der Waals surface area (Å²) in [5, 5.41) is 23.3. The van der Waals surface area contributed by atoms with Gasteiger partial charge in [0, 0.05) is 18.7 Å². The molecule has 1 aromatic carbocycles. The first kappa shape index (κ1) is 23.5. The lowest BCUT2D eigenvalue weighted by molar-refractivity contribution is -0.0282. The summed E-state index contributed by atoms with van der Waals surface area (Å²) in [6, 6.07) is 7.80. The molecule has 0 spiro atoms. The Kier molecular flexibility index (Phi) is 7.11. The maximum Gasteiger partial charge on any atom is 0.251 e. The van der Waals surface area contributed by atoms with Crippen molar-refractivity contribution >= 4 is 5.91 Å². The van der Waals surface area contributed by atoms with Crippen molar-refractivity contribution in [1.29, 1.82) is 0 Å². The van der Waals surface area contributed by atoms with E-state index in [0.29, 0.717) is 36.1 Å². The lowest BCUT2D eigenvalue weighted by atomic mass is 9.54. The zero-order chi connectivity index (χ0) is 22.9. The van der Waals surface area contributed by atoms with Crippen molar-refractivity contribution in [2.75, 3.05) is 13.2 Å². The molecule has 3 aliphatic carbocycles. The second-order valence-corrected chi connectivity index (χ2v) is 11.0. The number of aryl methyl sites for hydroxylation is 1. The molecule has 1 aromatic rings. The van der Waals surface area contributed by atoms with E-state index in [2.05, 4.69) is 18.8 Å². The number of hydrogen-bond acceptors (Lipinski definition) is 3. The van der Waals surface area contributed by atoms with E-state index in [1.807, 2.05) is 31.2 Å². The molecule has 4 heteroatoms. The van der Waals surface area contributed by atoms with Crippen LogP contribution in [0.4, 0.5) is 0 Å². The normalized spacial score (nSPS) is 37.2. The number of carbonyl (C=O) groups excluding carboxylic acids is 1. The van der Waals surface area contributed by atoms with Crippen LogP contribution in [0.1, 0.15) is 74.2 Å². The molecule has 1 amide bonds. The van der Waals surface area contributed by atoms with E-state index >= 15 is 0 Å². The van der Waals surface area contributed by atoms with E-state index < -0.39 is 0 Å². The predicted octanol–water partition coefficient (Wildman–Crippen LogP) is 4.88. The lowest BCUT2D eigenvalue weighted by Gasteiger charge is -2.52. The van der Waals surface area contributed by atoms with Gasteiger partial charge < -0.3 is 15.5 Å². The van der Waals surface area contributed by atoms with Gasteiger partial charge in [0.1, 0.15) is 0 Å². The van der Waals surface area contributed by atoms with Crippen LogP contribution in [0.15, 0.2) is 36.4 Å². The molecule has 3 N–H and O–H groups in total. The van der Waals surface area contributed by atoms with E-state index in [4.69, 9.17) is 0 Å². The second kappa shape index (κ2) is 9.69. The standard InChI is InChI=1S/C28H41NO3/c1-18-5-4-6-21(15-18)27(32)29-17-25-24(11-13-28(3)19(2)7-10-26(25)28)23-9-8-22(31)16-20(23)12-14-30/h4-6,15,20,22-26,30-31H,2,7-14,16-17H2,1,3H3,(H,29,32)/t20-,22-,23+,24+,25+,26-,28+/m0/s1. The molecule has 4 nitrogen and oxygen atoms in total. The monoisotopic (exact) mass is 439 g/mol. The Balaban J connectivity index is 1.56. The number of aliphatic hydroxyl groups is 2. The Hall–Kier alpha value is -1.65. The minimum absolute atomic E-state index is 0.0162. The van der Waals surface area contributed by atoms with Crippen LogP contribution in [0.5, 0.6) is 0 Å². The number of amides is 1. The number of carbonyl (C=O) groups is 1. The largest absolute Gasteiger partial charge is 0.396 e. The van der Waals surface area contributed by atoms with Crippen molar-refractivity contribution < 1.29 is 15.0 Å². The average molecular weight is 440 g/mol. The molecule has 0 heterocycles. The van der Waals surface area contributed by atoms with Crippen LogP contribution in [0, 0.1) is 41.9 Å². The van der Waals surface area contributed by atoms with Gasteiger partial charge in [-0.2, -0.15) is 0 Å². The Morgan fingerprint density at radius 2 is 2.03 bits per heavy atom. The van der Waals surface area contributed by atoms with Crippen molar-refractivity contribution in [3.8, 4) is 0 Å². The summed E-state index contributed by atoms with van der Waals surface area (Å²) >= 11 is 0. The van der Waals surface area contributed by atoms with Crippen LogP contribution in [-0.2, 0) is 0 Å². The second-order valence-electron chi connectivity index (χ2n) is 11.0. The van der Waals surface area contributed by atoms with E-state index in [1.165, 1.54) is 12.0 Å². The number of aliphatic hydroxyl groups excluding tert-OH is 2. The molecule has 0 bridgehead atoms. The van der Waals surface area contributed by atoms with Gasteiger partial charge in [0.2, 0.25) is 0 Å². The number of fused-ring (bicyclic) bond motifs is 1. The molecule has 0 aliphatic heterocycles. The van der Waals surface area contributed by atoms with Crippen molar-refractivity contribution in [1.82, 2.24) is 5.32 Å². The average Bonchev–Trinajstić information content (AvgIpc) is 3.07. The fourth-order valence-electron chi connectivity index (χ4n) is 7.47. The minimum atomic E-state index is -0.234. The van der Waals surface area contributed by atoms with E-state index in [9.17, 15) is 15.0 Å². The van der Waals surface area contributed by atoms with Crippen molar-refractivity contribution in [2.45, 2.75) is 71.3 Å². The lowest BCUT2D eigenvalue weighted by Crippen LogP contribution is -2.49. The quantitative estimate of drug-likeness (QED) is 0.553.